The average Bonchev–Trinajstić information content (AvgIpc) is 2.74. The highest BCUT2D eigenvalue weighted by molar-refractivity contribution is 5.90. The first-order chi connectivity index (χ1) is 13.5. The van der Waals surface area contributed by atoms with Crippen LogP contribution in [-0.4, -0.2) is 43.5 Å². The van der Waals surface area contributed by atoms with Crippen LogP contribution in [0.4, 0.5) is 11.4 Å². The normalized spacial score (nSPS) is 24.2. The van der Waals surface area contributed by atoms with Crippen molar-refractivity contribution in [3.63, 3.8) is 0 Å². The summed E-state index contributed by atoms with van der Waals surface area (Å²) in [6, 6.07) is 7.33. The van der Waals surface area contributed by atoms with E-state index in [0.717, 1.165) is 41.9 Å². The van der Waals surface area contributed by atoms with Crippen LogP contribution in [0.5, 0.6) is 0 Å². The van der Waals surface area contributed by atoms with Gasteiger partial charge in [0.1, 0.15) is 6.29 Å². The molecule has 2 aromatic rings. The molecule has 3 heterocycles. The smallest absolute Gasteiger partial charge is 0.227 e. The van der Waals surface area contributed by atoms with Gasteiger partial charge >= 0.3 is 0 Å². The van der Waals surface area contributed by atoms with Gasteiger partial charge in [-0.05, 0) is 48.7 Å². The van der Waals surface area contributed by atoms with Gasteiger partial charge in [-0.15, -0.1) is 0 Å². The van der Waals surface area contributed by atoms with Crippen molar-refractivity contribution in [2.75, 3.05) is 36.5 Å². The molecule has 7 heteroatoms. The van der Waals surface area contributed by atoms with Crippen LogP contribution in [0.25, 0.3) is 0 Å². The van der Waals surface area contributed by atoms with E-state index in [0.29, 0.717) is 25.2 Å². The molecule has 7 nitrogen and oxygen atoms in total. The molecule has 0 bridgehead atoms. The molecular weight excluding hydrogens is 356 g/mol. The molecule has 1 aromatic carbocycles. The number of primary amides is 1. The van der Waals surface area contributed by atoms with E-state index in [9.17, 15) is 9.59 Å². The number of aldehydes is 1. The maximum atomic E-state index is 12.4. The summed E-state index contributed by atoms with van der Waals surface area (Å²) in [5.74, 6) is -0.402. The van der Waals surface area contributed by atoms with E-state index < -0.39 is 11.3 Å². The largest absolute Gasteiger partial charge is 0.378 e. The number of nitrogens with one attached hydrogen (secondary N) is 1. The summed E-state index contributed by atoms with van der Waals surface area (Å²) in [5, 5.41) is 3.50. The van der Waals surface area contributed by atoms with Gasteiger partial charge in [0.25, 0.3) is 0 Å². The summed E-state index contributed by atoms with van der Waals surface area (Å²) < 4.78 is 5.43. The lowest BCUT2D eigenvalue weighted by atomic mass is 9.71. The summed E-state index contributed by atoms with van der Waals surface area (Å²) in [7, 11) is 0. The van der Waals surface area contributed by atoms with Crippen LogP contribution >= 0.6 is 0 Å². The Kier molecular flexibility index (Phi) is 4.77. The molecule has 4 rings (SSSR count). The maximum Gasteiger partial charge on any atom is 0.227 e. The molecule has 0 aliphatic carbocycles. The fraction of sp³-hybridized carbons (Fsp3) is 0.381. The monoisotopic (exact) mass is 380 g/mol. The topological polar surface area (TPSA) is 97.6 Å². The first-order valence-corrected chi connectivity index (χ1v) is 9.45. The van der Waals surface area contributed by atoms with Crippen LogP contribution in [0.15, 0.2) is 36.7 Å². The van der Waals surface area contributed by atoms with Crippen LogP contribution in [0, 0.1) is 0 Å². The number of hydrogen-bond acceptors (Lipinski definition) is 6. The van der Waals surface area contributed by atoms with Gasteiger partial charge in [0.15, 0.2) is 0 Å². The number of nitrogens with zero attached hydrogens (tertiary/aromatic N) is 2. The summed E-state index contributed by atoms with van der Waals surface area (Å²) >= 11 is 0. The van der Waals surface area contributed by atoms with Crippen LogP contribution in [0.3, 0.4) is 0 Å². The lowest BCUT2D eigenvalue weighted by Gasteiger charge is -2.39. The van der Waals surface area contributed by atoms with E-state index in [1.807, 2.05) is 25.4 Å². The standard InChI is InChI=1S/C21H24N4O3/c1-21(20(22)27)10-19(24-18-3-2-14(13-26)8-17(18)21)15-9-16(12-23-11-15)25-4-6-28-7-5-25/h2-3,8-9,11-13,19,24H,4-7,10H2,1H3,(H2,22,27). The van der Waals surface area contributed by atoms with Crippen molar-refractivity contribution in [1.82, 2.24) is 4.98 Å². The van der Waals surface area contributed by atoms with Crippen LogP contribution in [0.1, 0.15) is 40.9 Å². The number of anilines is 2. The third-order valence-corrected chi connectivity index (χ3v) is 5.78. The molecule has 2 aliphatic rings. The van der Waals surface area contributed by atoms with Crippen molar-refractivity contribution in [1.29, 1.82) is 0 Å². The predicted molar refractivity (Wildman–Crippen MR) is 107 cm³/mol. The molecule has 0 radical (unpaired) electrons. The van der Waals surface area contributed by atoms with Gasteiger partial charge in [-0.3, -0.25) is 14.6 Å². The first kappa shape index (κ1) is 18.4. The summed E-state index contributed by atoms with van der Waals surface area (Å²) in [6.45, 7) is 4.92. The minimum Gasteiger partial charge on any atom is -0.378 e. The first-order valence-electron chi connectivity index (χ1n) is 9.45. The Balaban J connectivity index is 1.70. The number of amides is 1. The quantitative estimate of drug-likeness (QED) is 0.788. The summed E-state index contributed by atoms with van der Waals surface area (Å²) in [4.78, 5) is 30.3. The molecule has 0 saturated carbocycles. The number of hydrogen-bond donors (Lipinski definition) is 2. The number of rotatable bonds is 4. The zero-order valence-electron chi connectivity index (χ0n) is 15.9. The van der Waals surface area contributed by atoms with Gasteiger partial charge in [-0.1, -0.05) is 0 Å². The van der Waals surface area contributed by atoms with Gasteiger partial charge < -0.3 is 20.7 Å². The fourth-order valence-electron chi connectivity index (χ4n) is 4.04. The van der Waals surface area contributed by atoms with Gasteiger partial charge in [-0.2, -0.15) is 0 Å². The molecule has 1 amide bonds. The highest BCUT2D eigenvalue weighted by Crippen LogP contribution is 2.44. The average molecular weight is 380 g/mol. The third kappa shape index (κ3) is 3.22. The van der Waals surface area contributed by atoms with Crippen LogP contribution in [0.2, 0.25) is 0 Å². The molecule has 2 unspecified atom stereocenters. The number of carbonyl (C=O) groups is 2. The van der Waals surface area contributed by atoms with E-state index in [1.165, 1.54) is 0 Å². The number of benzene rings is 1. The van der Waals surface area contributed by atoms with Crippen molar-refractivity contribution in [2.24, 2.45) is 5.73 Å². The van der Waals surface area contributed by atoms with E-state index >= 15 is 0 Å². The van der Waals surface area contributed by atoms with Gasteiger partial charge in [0.05, 0.1) is 36.6 Å². The second-order valence-corrected chi connectivity index (χ2v) is 7.60. The van der Waals surface area contributed by atoms with E-state index in [1.54, 1.807) is 12.1 Å². The lowest BCUT2D eigenvalue weighted by Crippen LogP contribution is -2.44. The van der Waals surface area contributed by atoms with E-state index in [-0.39, 0.29) is 6.04 Å². The Labute approximate surface area is 163 Å². The number of pyridine rings is 1. The van der Waals surface area contributed by atoms with E-state index in [2.05, 4.69) is 21.3 Å². The number of carbonyl (C=O) groups excluding carboxylic acids is 2. The number of fused-ring (bicyclic) bond motifs is 1. The Morgan fingerprint density at radius 3 is 2.82 bits per heavy atom. The molecule has 28 heavy (non-hydrogen) atoms. The second-order valence-electron chi connectivity index (χ2n) is 7.60. The maximum absolute atomic E-state index is 12.4. The molecule has 1 aromatic heterocycles. The number of aromatic nitrogens is 1. The lowest BCUT2D eigenvalue weighted by molar-refractivity contribution is -0.123. The third-order valence-electron chi connectivity index (χ3n) is 5.78. The predicted octanol–water partition coefficient (Wildman–Crippen LogP) is 2.03. The van der Waals surface area contributed by atoms with Crippen molar-refractivity contribution in [2.45, 2.75) is 24.8 Å². The van der Waals surface area contributed by atoms with Crippen molar-refractivity contribution in [3.8, 4) is 0 Å². The molecule has 1 fully saturated rings. The van der Waals surface area contributed by atoms with E-state index in [4.69, 9.17) is 10.5 Å². The SMILES string of the molecule is CC1(C(N)=O)CC(c2cncc(N3CCOCC3)c2)Nc2ccc(C=O)cc21. The molecule has 0 spiro atoms. The minimum atomic E-state index is -0.876. The second kappa shape index (κ2) is 7.24. The Morgan fingerprint density at radius 2 is 2.11 bits per heavy atom. The zero-order chi connectivity index (χ0) is 19.7. The van der Waals surface area contributed by atoms with Gasteiger partial charge in [-0.25, -0.2) is 0 Å². The highest BCUT2D eigenvalue weighted by Gasteiger charge is 2.42. The summed E-state index contributed by atoms with van der Waals surface area (Å²) in [6.07, 6.45) is 4.96. The molecule has 2 aliphatic heterocycles. The van der Waals surface area contributed by atoms with Crippen LogP contribution in [-0.2, 0) is 14.9 Å². The highest BCUT2D eigenvalue weighted by atomic mass is 16.5. The molecule has 1 saturated heterocycles. The van der Waals surface area contributed by atoms with Crippen LogP contribution < -0.4 is 16.0 Å². The van der Waals surface area contributed by atoms with Crippen molar-refractivity contribution < 1.29 is 14.3 Å². The molecular formula is C21H24N4O3. The molecule has 146 valence electrons. The van der Waals surface area contributed by atoms with Gasteiger partial charge in [0.2, 0.25) is 5.91 Å². The zero-order valence-corrected chi connectivity index (χ0v) is 15.9. The Morgan fingerprint density at radius 1 is 1.32 bits per heavy atom. The van der Waals surface area contributed by atoms with Crippen molar-refractivity contribution in [3.05, 3.63) is 53.3 Å². The van der Waals surface area contributed by atoms with Gasteiger partial charge in [0, 0.05) is 30.5 Å². The van der Waals surface area contributed by atoms with Crippen molar-refractivity contribution >= 4 is 23.6 Å². The number of ether oxygens (including phenoxy) is 1. The molecule has 2 atom stereocenters. The Bertz CT molecular complexity index is 910. The fourth-order valence-corrected chi connectivity index (χ4v) is 4.04. The molecule has 3 N–H and O–H groups in total. The summed E-state index contributed by atoms with van der Waals surface area (Å²) in [5.41, 5.74) is 9.09. The number of morpholine rings is 1. The number of nitrogens with two attached hydrogens (primary N) is 1. The minimum absolute atomic E-state index is 0.111. The Hall–Kier alpha value is -2.93.